The van der Waals surface area contributed by atoms with Gasteiger partial charge < -0.3 is 19.2 Å². The molecule has 0 amide bonds. The van der Waals surface area contributed by atoms with Gasteiger partial charge in [0.2, 0.25) is 0 Å². The SMILES string of the molecule is COc1ccc2[nH]c(CN(C)CCCc3nccn3C)c(C)c2c1. The topological polar surface area (TPSA) is 46.1 Å². The quantitative estimate of drug-likeness (QED) is 0.725. The molecule has 0 radical (unpaired) electrons. The van der Waals surface area contributed by atoms with Crippen molar-refractivity contribution in [1.29, 1.82) is 0 Å². The molecule has 0 fully saturated rings. The molecule has 0 saturated carbocycles. The molecule has 128 valence electrons. The molecule has 0 atom stereocenters. The highest BCUT2D eigenvalue weighted by Gasteiger charge is 2.11. The van der Waals surface area contributed by atoms with Crippen LogP contribution < -0.4 is 4.74 Å². The van der Waals surface area contributed by atoms with E-state index in [0.29, 0.717) is 0 Å². The fourth-order valence-electron chi connectivity index (χ4n) is 3.14. The zero-order chi connectivity index (χ0) is 17.1. The van der Waals surface area contributed by atoms with Crippen molar-refractivity contribution in [2.24, 2.45) is 7.05 Å². The fraction of sp³-hybridized carbons (Fsp3) is 0.421. The van der Waals surface area contributed by atoms with Crippen LogP contribution in [0.3, 0.4) is 0 Å². The number of methoxy groups -OCH3 is 1. The molecule has 0 unspecified atom stereocenters. The number of nitrogens with one attached hydrogen (secondary N) is 1. The third kappa shape index (κ3) is 3.46. The third-order valence-electron chi connectivity index (χ3n) is 4.66. The summed E-state index contributed by atoms with van der Waals surface area (Å²) in [7, 11) is 5.93. The summed E-state index contributed by atoms with van der Waals surface area (Å²) < 4.78 is 7.43. The average Bonchev–Trinajstić information content (AvgIpc) is 3.11. The lowest BCUT2D eigenvalue weighted by Gasteiger charge is -2.16. The van der Waals surface area contributed by atoms with Gasteiger partial charge in [-0.25, -0.2) is 4.98 Å². The lowest BCUT2D eigenvalue weighted by atomic mass is 10.1. The molecular weight excluding hydrogens is 300 g/mol. The van der Waals surface area contributed by atoms with Crippen molar-refractivity contribution < 1.29 is 4.74 Å². The van der Waals surface area contributed by atoms with Crippen molar-refractivity contribution >= 4 is 10.9 Å². The highest BCUT2D eigenvalue weighted by atomic mass is 16.5. The lowest BCUT2D eigenvalue weighted by molar-refractivity contribution is 0.317. The van der Waals surface area contributed by atoms with Crippen molar-refractivity contribution in [2.45, 2.75) is 26.3 Å². The summed E-state index contributed by atoms with van der Waals surface area (Å²) >= 11 is 0. The van der Waals surface area contributed by atoms with Crippen LogP contribution in [0.2, 0.25) is 0 Å². The van der Waals surface area contributed by atoms with E-state index in [1.165, 1.54) is 22.2 Å². The first kappa shape index (κ1) is 16.6. The molecule has 5 nitrogen and oxygen atoms in total. The van der Waals surface area contributed by atoms with Crippen LogP contribution >= 0.6 is 0 Å². The highest BCUT2D eigenvalue weighted by Crippen LogP contribution is 2.26. The van der Waals surface area contributed by atoms with Crippen LogP contribution in [0, 0.1) is 6.92 Å². The molecule has 24 heavy (non-hydrogen) atoms. The number of ether oxygens (including phenoxy) is 1. The Morgan fingerprint density at radius 3 is 2.88 bits per heavy atom. The molecule has 1 N–H and O–H groups in total. The van der Waals surface area contributed by atoms with Crippen LogP contribution in [0.1, 0.15) is 23.5 Å². The van der Waals surface area contributed by atoms with Crippen LogP contribution in [-0.2, 0) is 20.0 Å². The number of hydrogen-bond donors (Lipinski definition) is 1. The van der Waals surface area contributed by atoms with Crippen LogP contribution in [0.5, 0.6) is 5.75 Å². The number of hydrogen-bond acceptors (Lipinski definition) is 3. The molecule has 0 saturated heterocycles. The van der Waals surface area contributed by atoms with Gasteiger partial charge in [-0.05, 0) is 50.7 Å². The first-order valence-electron chi connectivity index (χ1n) is 8.38. The van der Waals surface area contributed by atoms with Gasteiger partial charge in [0.05, 0.1) is 7.11 Å². The Morgan fingerprint density at radius 2 is 2.17 bits per heavy atom. The molecule has 1 aromatic carbocycles. The van der Waals surface area contributed by atoms with E-state index in [2.05, 4.69) is 45.5 Å². The van der Waals surface area contributed by atoms with E-state index < -0.39 is 0 Å². The average molecular weight is 326 g/mol. The maximum Gasteiger partial charge on any atom is 0.119 e. The molecule has 3 aromatic rings. The van der Waals surface area contributed by atoms with E-state index in [1.54, 1.807) is 7.11 Å². The smallest absolute Gasteiger partial charge is 0.119 e. The Morgan fingerprint density at radius 1 is 1.33 bits per heavy atom. The minimum absolute atomic E-state index is 0.902. The zero-order valence-corrected chi connectivity index (χ0v) is 15.0. The summed E-state index contributed by atoms with van der Waals surface area (Å²) in [6, 6.07) is 6.19. The molecular formula is C19H26N4O. The number of aromatic nitrogens is 3. The van der Waals surface area contributed by atoms with Gasteiger partial charge in [-0.2, -0.15) is 0 Å². The predicted octanol–water partition coefficient (Wildman–Crippen LogP) is 3.28. The molecule has 0 aliphatic rings. The van der Waals surface area contributed by atoms with Gasteiger partial charge in [-0.3, -0.25) is 0 Å². The summed E-state index contributed by atoms with van der Waals surface area (Å²) in [6.45, 7) is 4.14. The maximum absolute atomic E-state index is 5.33. The summed E-state index contributed by atoms with van der Waals surface area (Å²) in [5.74, 6) is 2.05. The van der Waals surface area contributed by atoms with E-state index in [1.807, 2.05) is 25.5 Å². The summed E-state index contributed by atoms with van der Waals surface area (Å²) in [5.41, 5.74) is 3.75. The van der Waals surface area contributed by atoms with Gasteiger partial charge in [0, 0.05) is 49.0 Å². The predicted molar refractivity (Wildman–Crippen MR) is 97.5 cm³/mol. The van der Waals surface area contributed by atoms with Crippen molar-refractivity contribution in [2.75, 3.05) is 20.7 Å². The standard InChI is InChI=1S/C19H26N4O/c1-14-16-12-15(24-4)7-8-17(16)21-18(14)13-22(2)10-5-6-19-20-9-11-23(19)3/h7-9,11-12,21H,5-6,10,13H2,1-4H3. The van der Waals surface area contributed by atoms with Gasteiger partial charge in [0.15, 0.2) is 0 Å². The van der Waals surface area contributed by atoms with Crippen molar-refractivity contribution in [3.05, 3.63) is 47.7 Å². The Hall–Kier alpha value is -2.27. The Bertz CT molecular complexity index is 818. The minimum Gasteiger partial charge on any atom is -0.497 e. The fourth-order valence-corrected chi connectivity index (χ4v) is 3.14. The monoisotopic (exact) mass is 326 g/mol. The Kier molecular flexibility index (Phi) is 4.90. The second kappa shape index (κ2) is 7.09. The van der Waals surface area contributed by atoms with Crippen LogP contribution in [0.15, 0.2) is 30.6 Å². The van der Waals surface area contributed by atoms with E-state index >= 15 is 0 Å². The second-order valence-electron chi connectivity index (χ2n) is 6.44. The number of H-pyrrole nitrogens is 1. The van der Waals surface area contributed by atoms with Gasteiger partial charge in [-0.1, -0.05) is 0 Å². The first-order valence-corrected chi connectivity index (χ1v) is 8.38. The molecule has 3 rings (SSSR count). The number of aryl methyl sites for hydroxylation is 3. The molecule has 0 aliphatic carbocycles. The van der Waals surface area contributed by atoms with Crippen LogP contribution in [0.4, 0.5) is 0 Å². The number of rotatable bonds is 7. The largest absolute Gasteiger partial charge is 0.497 e. The minimum atomic E-state index is 0.902. The van der Waals surface area contributed by atoms with Gasteiger partial charge in [0.25, 0.3) is 0 Å². The molecule has 0 spiro atoms. The van der Waals surface area contributed by atoms with Crippen molar-refractivity contribution in [1.82, 2.24) is 19.4 Å². The van der Waals surface area contributed by atoms with Crippen LogP contribution in [-0.4, -0.2) is 40.1 Å². The third-order valence-corrected chi connectivity index (χ3v) is 4.66. The molecule has 2 heterocycles. The number of aromatic amines is 1. The van der Waals surface area contributed by atoms with Crippen molar-refractivity contribution in [3.63, 3.8) is 0 Å². The summed E-state index contributed by atoms with van der Waals surface area (Å²) in [5, 5.41) is 1.24. The lowest BCUT2D eigenvalue weighted by Crippen LogP contribution is -2.20. The summed E-state index contributed by atoms with van der Waals surface area (Å²) in [4.78, 5) is 10.3. The van der Waals surface area contributed by atoms with Gasteiger partial charge in [0.1, 0.15) is 11.6 Å². The molecule has 2 aromatic heterocycles. The van der Waals surface area contributed by atoms with E-state index in [-0.39, 0.29) is 0 Å². The Balaban J connectivity index is 1.61. The summed E-state index contributed by atoms with van der Waals surface area (Å²) in [6.07, 6.45) is 5.98. The van der Waals surface area contributed by atoms with Crippen LogP contribution in [0.25, 0.3) is 10.9 Å². The van der Waals surface area contributed by atoms with Gasteiger partial charge in [-0.15, -0.1) is 0 Å². The van der Waals surface area contributed by atoms with E-state index in [0.717, 1.165) is 37.5 Å². The number of benzene rings is 1. The number of nitrogens with zero attached hydrogens (tertiary/aromatic N) is 3. The first-order chi connectivity index (χ1) is 11.6. The van der Waals surface area contributed by atoms with Gasteiger partial charge >= 0.3 is 0 Å². The number of imidazole rings is 1. The van der Waals surface area contributed by atoms with Crippen molar-refractivity contribution in [3.8, 4) is 5.75 Å². The Labute approximate surface area is 143 Å². The number of fused-ring (bicyclic) bond motifs is 1. The zero-order valence-electron chi connectivity index (χ0n) is 15.0. The second-order valence-corrected chi connectivity index (χ2v) is 6.44. The highest BCUT2D eigenvalue weighted by molar-refractivity contribution is 5.85. The molecule has 0 aliphatic heterocycles. The van der Waals surface area contributed by atoms with E-state index in [4.69, 9.17) is 4.74 Å². The molecule has 0 bridgehead atoms. The molecule has 5 heteroatoms. The van der Waals surface area contributed by atoms with E-state index in [9.17, 15) is 0 Å². The normalized spacial score (nSPS) is 11.5. The maximum atomic E-state index is 5.33.